The summed E-state index contributed by atoms with van der Waals surface area (Å²) >= 11 is 0. The van der Waals surface area contributed by atoms with Crippen LogP contribution in [0.4, 0.5) is 5.69 Å². The molecule has 0 aliphatic carbocycles. The van der Waals surface area contributed by atoms with E-state index in [1.807, 2.05) is 57.6 Å². The van der Waals surface area contributed by atoms with Crippen molar-refractivity contribution in [3.63, 3.8) is 0 Å². The Balaban J connectivity index is 1.46. The Labute approximate surface area is 195 Å². The molecule has 4 rings (SSSR count). The summed E-state index contributed by atoms with van der Waals surface area (Å²) in [5, 5.41) is 16.6. The minimum Gasteiger partial charge on any atom is -0.395 e. The number of anilines is 1. The Kier molecular flexibility index (Phi) is 7.11. The molecule has 1 fully saturated rings. The topological polar surface area (TPSA) is 73.6 Å². The quantitative estimate of drug-likeness (QED) is 0.583. The number of benzene rings is 2. The van der Waals surface area contributed by atoms with Crippen LogP contribution >= 0.6 is 0 Å². The predicted octanol–water partition coefficient (Wildman–Crippen LogP) is 3.00. The number of aryl methyl sites for hydroxylation is 2. The van der Waals surface area contributed by atoms with E-state index in [0.717, 1.165) is 60.7 Å². The number of β-amino-alcohol motifs (C(OH)–C–C–N with tert-alkyl or cyclic N) is 1. The molecule has 2 aromatic carbocycles. The summed E-state index contributed by atoms with van der Waals surface area (Å²) in [6.07, 6.45) is 3.84. The average molecular weight is 448 g/mol. The van der Waals surface area contributed by atoms with Crippen molar-refractivity contribution in [3.05, 3.63) is 71.5 Å². The van der Waals surface area contributed by atoms with Crippen LogP contribution in [0.1, 0.15) is 34.5 Å². The van der Waals surface area contributed by atoms with Gasteiger partial charge in [0.1, 0.15) is 0 Å². The van der Waals surface area contributed by atoms with E-state index in [2.05, 4.69) is 38.4 Å². The summed E-state index contributed by atoms with van der Waals surface area (Å²) < 4.78 is 1.79. The highest BCUT2D eigenvalue weighted by Gasteiger charge is 2.20. The molecule has 1 saturated heterocycles. The van der Waals surface area contributed by atoms with Gasteiger partial charge in [-0.2, -0.15) is 5.10 Å². The lowest BCUT2D eigenvalue weighted by Crippen LogP contribution is -2.47. The fourth-order valence-corrected chi connectivity index (χ4v) is 4.34. The number of rotatable bonds is 7. The molecule has 1 aliphatic heterocycles. The molecule has 1 unspecified atom stereocenters. The number of hydrogen-bond acceptors (Lipinski definition) is 5. The lowest BCUT2D eigenvalue weighted by Gasteiger charge is -2.36. The highest BCUT2D eigenvalue weighted by Crippen LogP contribution is 2.25. The Morgan fingerprint density at radius 3 is 2.61 bits per heavy atom. The van der Waals surface area contributed by atoms with E-state index in [4.69, 9.17) is 5.11 Å². The van der Waals surface area contributed by atoms with Crippen LogP contribution in [0.25, 0.3) is 11.1 Å². The SMILES string of the molecule is Cc1ccc(N2CCN(CCO)CC2)cc1C(=O)NC(C)c1cccc(-c2cnn(C)c2)c1. The second kappa shape index (κ2) is 10.2. The lowest BCUT2D eigenvalue weighted by molar-refractivity contribution is 0.0939. The van der Waals surface area contributed by atoms with Crippen molar-refractivity contribution in [3.8, 4) is 11.1 Å². The van der Waals surface area contributed by atoms with E-state index in [1.54, 1.807) is 4.68 Å². The summed E-state index contributed by atoms with van der Waals surface area (Å²) in [7, 11) is 1.90. The Hall–Kier alpha value is -3.16. The third kappa shape index (κ3) is 5.43. The van der Waals surface area contributed by atoms with Gasteiger partial charge in [-0.1, -0.05) is 24.3 Å². The normalized spacial score (nSPS) is 15.5. The third-order valence-electron chi connectivity index (χ3n) is 6.39. The summed E-state index contributed by atoms with van der Waals surface area (Å²) in [5.41, 5.74) is 5.94. The van der Waals surface area contributed by atoms with Gasteiger partial charge < -0.3 is 15.3 Å². The number of aliphatic hydroxyl groups excluding tert-OH is 1. The van der Waals surface area contributed by atoms with Crippen LogP contribution in [0, 0.1) is 6.92 Å². The summed E-state index contributed by atoms with van der Waals surface area (Å²) in [5.74, 6) is -0.0625. The fraction of sp³-hybridized carbons (Fsp3) is 0.385. The van der Waals surface area contributed by atoms with Crippen molar-refractivity contribution < 1.29 is 9.90 Å². The van der Waals surface area contributed by atoms with Gasteiger partial charge in [-0.05, 0) is 48.7 Å². The predicted molar refractivity (Wildman–Crippen MR) is 131 cm³/mol. The molecule has 33 heavy (non-hydrogen) atoms. The van der Waals surface area contributed by atoms with Crippen molar-refractivity contribution >= 4 is 11.6 Å². The maximum absolute atomic E-state index is 13.2. The molecule has 0 spiro atoms. The summed E-state index contributed by atoms with van der Waals surface area (Å²) in [6, 6.07) is 14.2. The fourth-order valence-electron chi connectivity index (χ4n) is 4.34. The molecule has 174 valence electrons. The molecule has 0 radical (unpaired) electrons. The molecule has 1 aliphatic rings. The van der Waals surface area contributed by atoms with Crippen LogP contribution in [0.2, 0.25) is 0 Å². The third-order valence-corrected chi connectivity index (χ3v) is 6.39. The molecule has 1 amide bonds. The second-order valence-corrected chi connectivity index (χ2v) is 8.77. The van der Waals surface area contributed by atoms with Crippen LogP contribution < -0.4 is 10.2 Å². The molecule has 0 bridgehead atoms. The Morgan fingerprint density at radius 2 is 1.91 bits per heavy atom. The molecule has 1 aromatic heterocycles. The molecule has 7 heteroatoms. The van der Waals surface area contributed by atoms with E-state index >= 15 is 0 Å². The summed E-state index contributed by atoms with van der Waals surface area (Å²) in [6.45, 7) is 8.52. The van der Waals surface area contributed by atoms with Gasteiger partial charge in [0.2, 0.25) is 0 Å². The Bertz CT molecular complexity index is 1100. The van der Waals surface area contributed by atoms with Gasteiger partial charge in [0.25, 0.3) is 5.91 Å². The largest absolute Gasteiger partial charge is 0.395 e. The van der Waals surface area contributed by atoms with Crippen LogP contribution in [0.5, 0.6) is 0 Å². The number of carbonyl (C=O) groups excluding carboxylic acids is 1. The molecular weight excluding hydrogens is 414 g/mol. The van der Waals surface area contributed by atoms with Crippen molar-refractivity contribution in [2.45, 2.75) is 19.9 Å². The average Bonchev–Trinajstić information content (AvgIpc) is 3.26. The highest BCUT2D eigenvalue weighted by molar-refractivity contribution is 5.96. The lowest BCUT2D eigenvalue weighted by atomic mass is 10.0. The zero-order valence-electron chi connectivity index (χ0n) is 19.7. The molecule has 2 heterocycles. The van der Waals surface area contributed by atoms with Crippen molar-refractivity contribution in [2.24, 2.45) is 7.05 Å². The number of piperazine rings is 1. The van der Waals surface area contributed by atoms with E-state index in [0.29, 0.717) is 5.56 Å². The zero-order valence-corrected chi connectivity index (χ0v) is 19.7. The van der Waals surface area contributed by atoms with Crippen molar-refractivity contribution in [1.29, 1.82) is 0 Å². The van der Waals surface area contributed by atoms with Gasteiger partial charge in [0.15, 0.2) is 0 Å². The molecule has 3 aromatic rings. The van der Waals surface area contributed by atoms with Gasteiger partial charge in [0.05, 0.1) is 18.8 Å². The van der Waals surface area contributed by atoms with Gasteiger partial charge in [-0.25, -0.2) is 0 Å². The van der Waals surface area contributed by atoms with Crippen molar-refractivity contribution in [2.75, 3.05) is 44.2 Å². The van der Waals surface area contributed by atoms with Crippen LogP contribution in [-0.2, 0) is 7.05 Å². The number of nitrogens with zero attached hydrogens (tertiary/aromatic N) is 4. The van der Waals surface area contributed by atoms with Gasteiger partial charge in [-0.15, -0.1) is 0 Å². The number of nitrogens with one attached hydrogen (secondary N) is 1. The first-order valence-corrected chi connectivity index (χ1v) is 11.5. The zero-order chi connectivity index (χ0) is 23.4. The minimum atomic E-state index is -0.126. The monoisotopic (exact) mass is 447 g/mol. The van der Waals surface area contributed by atoms with Crippen LogP contribution in [0.15, 0.2) is 54.9 Å². The smallest absolute Gasteiger partial charge is 0.252 e. The number of carbonyl (C=O) groups is 1. The van der Waals surface area contributed by atoms with E-state index in [-0.39, 0.29) is 18.6 Å². The van der Waals surface area contributed by atoms with Gasteiger partial charge in [-0.3, -0.25) is 14.4 Å². The van der Waals surface area contributed by atoms with Crippen molar-refractivity contribution in [1.82, 2.24) is 20.0 Å². The first-order chi connectivity index (χ1) is 15.9. The van der Waals surface area contributed by atoms with E-state index < -0.39 is 0 Å². The van der Waals surface area contributed by atoms with E-state index in [9.17, 15) is 4.79 Å². The number of hydrogen-bond donors (Lipinski definition) is 2. The number of aliphatic hydroxyl groups is 1. The second-order valence-electron chi connectivity index (χ2n) is 8.77. The number of amides is 1. The van der Waals surface area contributed by atoms with Crippen LogP contribution in [0.3, 0.4) is 0 Å². The highest BCUT2D eigenvalue weighted by atomic mass is 16.3. The summed E-state index contributed by atoms with van der Waals surface area (Å²) in [4.78, 5) is 17.8. The minimum absolute atomic E-state index is 0.0625. The van der Waals surface area contributed by atoms with E-state index in [1.165, 1.54) is 0 Å². The molecular formula is C26H33N5O2. The van der Waals surface area contributed by atoms with Gasteiger partial charge in [0, 0.05) is 62.8 Å². The van der Waals surface area contributed by atoms with Gasteiger partial charge >= 0.3 is 0 Å². The first kappa shape index (κ1) is 23.0. The number of aromatic nitrogens is 2. The first-order valence-electron chi connectivity index (χ1n) is 11.5. The molecule has 1 atom stereocenters. The van der Waals surface area contributed by atoms with Crippen LogP contribution in [-0.4, -0.2) is 65.0 Å². The standard InChI is InChI=1S/C26H33N5O2/c1-19-7-8-24(31-11-9-30(10-12-31)13-14-32)16-25(19)26(33)28-20(2)21-5-4-6-22(15-21)23-17-27-29(3)18-23/h4-8,15-18,20,32H,9-14H2,1-3H3,(H,28,33). The Morgan fingerprint density at radius 1 is 1.12 bits per heavy atom. The maximum atomic E-state index is 13.2. The molecule has 2 N–H and O–H groups in total. The molecule has 0 saturated carbocycles. The molecule has 7 nitrogen and oxygen atoms in total. The maximum Gasteiger partial charge on any atom is 0.252 e.